The molecular weight excluding hydrogens is 777 g/mol. The summed E-state index contributed by atoms with van der Waals surface area (Å²) in [5.74, 6) is 0. The normalized spacial score (nSPS) is 11.8. The number of nitrogens with zero attached hydrogens (tertiary/aromatic N) is 2. The Balaban J connectivity index is 1.17. The highest BCUT2D eigenvalue weighted by molar-refractivity contribution is 7.20. The van der Waals surface area contributed by atoms with Gasteiger partial charge in [-0.1, -0.05) is 206 Å². The number of hydrogen-bond acceptors (Lipinski definition) is 0. The second-order valence-electron chi connectivity index (χ2n) is 16.5. The molecule has 0 saturated carbocycles. The molecule has 0 amide bonds. The summed E-state index contributed by atoms with van der Waals surface area (Å²) in [6, 6.07) is 94.3. The molecule has 0 bridgehead atoms. The lowest BCUT2D eigenvalue weighted by atomic mass is 10.0. The van der Waals surface area contributed by atoms with E-state index in [0.29, 0.717) is 0 Å². The monoisotopic (exact) mass is 818 g/mol. The fourth-order valence-electron chi connectivity index (χ4n) is 10.3. The van der Waals surface area contributed by atoms with Crippen molar-refractivity contribution in [3.8, 4) is 33.6 Å². The van der Waals surface area contributed by atoms with Gasteiger partial charge in [0.25, 0.3) is 0 Å². The first-order chi connectivity index (χ1) is 31.3. The van der Waals surface area contributed by atoms with Gasteiger partial charge in [-0.2, -0.15) is 0 Å². The summed E-state index contributed by atoms with van der Waals surface area (Å²) >= 11 is 0. The van der Waals surface area contributed by atoms with E-state index in [4.69, 9.17) is 0 Å². The minimum absolute atomic E-state index is 1.14. The molecule has 0 aliphatic heterocycles. The molecule has 0 aliphatic carbocycles. The van der Waals surface area contributed by atoms with Gasteiger partial charge in [0.1, 0.15) is 0 Å². The van der Waals surface area contributed by atoms with Crippen molar-refractivity contribution in [2.24, 2.45) is 0 Å². The third kappa shape index (κ3) is 5.93. The fourth-order valence-corrected chi connectivity index (χ4v) is 15.3. The average molecular weight is 819 g/mol. The van der Waals surface area contributed by atoms with Crippen LogP contribution in [0.1, 0.15) is 0 Å². The van der Waals surface area contributed by atoms with Crippen molar-refractivity contribution in [2.75, 3.05) is 0 Å². The van der Waals surface area contributed by atoms with Crippen LogP contribution in [-0.2, 0) is 0 Å². The fraction of sp³-hybridized carbons (Fsp3) is 0. The quantitative estimate of drug-likeness (QED) is 0.107. The minimum atomic E-state index is -2.96. The maximum atomic E-state index is 2.57. The average Bonchev–Trinajstić information content (AvgIpc) is 3.88. The van der Waals surface area contributed by atoms with Crippen molar-refractivity contribution >= 4 is 72.4 Å². The molecule has 0 N–H and O–H groups in total. The van der Waals surface area contributed by atoms with Crippen molar-refractivity contribution in [1.82, 2.24) is 9.13 Å². The van der Waals surface area contributed by atoms with E-state index in [1.807, 2.05) is 0 Å². The molecule has 0 fully saturated rings. The Morgan fingerprint density at radius 1 is 0.254 bits per heavy atom. The van der Waals surface area contributed by atoms with Gasteiger partial charge in [0, 0.05) is 32.9 Å². The second kappa shape index (κ2) is 15.2. The summed E-state index contributed by atoms with van der Waals surface area (Å²) in [6.07, 6.45) is 0. The molecular formula is C60H42N2Si. The van der Waals surface area contributed by atoms with E-state index in [1.165, 1.54) is 86.6 Å². The third-order valence-electron chi connectivity index (χ3n) is 13.1. The van der Waals surface area contributed by atoms with Gasteiger partial charge < -0.3 is 9.13 Å². The molecule has 63 heavy (non-hydrogen) atoms. The van der Waals surface area contributed by atoms with Gasteiger partial charge in [0.15, 0.2) is 8.07 Å². The van der Waals surface area contributed by atoms with Crippen LogP contribution in [-0.4, -0.2) is 17.2 Å². The van der Waals surface area contributed by atoms with Crippen molar-refractivity contribution in [1.29, 1.82) is 0 Å². The number of benzene rings is 10. The predicted molar refractivity (Wildman–Crippen MR) is 270 cm³/mol. The molecule has 0 unspecified atom stereocenters. The zero-order chi connectivity index (χ0) is 41.7. The van der Waals surface area contributed by atoms with Crippen LogP contribution in [0, 0.1) is 0 Å². The summed E-state index contributed by atoms with van der Waals surface area (Å²) in [5, 5.41) is 10.4. The molecule has 10 aromatic carbocycles. The number of para-hydroxylation sites is 2. The maximum absolute atomic E-state index is 2.96. The van der Waals surface area contributed by atoms with Gasteiger partial charge in [0.2, 0.25) is 0 Å². The zero-order valence-electron chi connectivity index (χ0n) is 34.6. The molecule has 0 saturated heterocycles. The molecule has 2 nitrogen and oxygen atoms in total. The number of fused-ring (bicyclic) bond motifs is 6. The molecule has 296 valence electrons. The van der Waals surface area contributed by atoms with Gasteiger partial charge in [0.05, 0.1) is 22.1 Å². The van der Waals surface area contributed by atoms with Crippen LogP contribution in [0.5, 0.6) is 0 Å². The van der Waals surface area contributed by atoms with Crippen LogP contribution in [0.2, 0.25) is 0 Å². The SMILES string of the molecule is c1ccc(-c2ccc(-n3c4ccccc4c4cc(-n5c6ccc(-c7ccccc7)cc6c6cccc([Si](c7ccccc7)(c7ccccc7)c7ccccc7)c65)ccc43)cc2)cc1. The van der Waals surface area contributed by atoms with E-state index >= 15 is 0 Å². The molecule has 2 aromatic heterocycles. The van der Waals surface area contributed by atoms with Crippen LogP contribution in [0.4, 0.5) is 0 Å². The van der Waals surface area contributed by atoms with Gasteiger partial charge in [-0.25, -0.2) is 0 Å². The van der Waals surface area contributed by atoms with E-state index in [2.05, 4.69) is 264 Å². The Labute approximate surface area is 368 Å². The molecule has 0 aliphatic rings. The Hall–Kier alpha value is -7.98. The van der Waals surface area contributed by atoms with Crippen LogP contribution in [0.3, 0.4) is 0 Å². The molecule has 3 heteroatoms. The lowest BCUT2D eigenvalue weighted by Gasteiger charge is -2.35. The van der Waals surface area contributed by atoms with Gasteiger partial charge >= 0.3 is 0 Å². The predicted octanol–water partition coefficient (Wildman–Crippen LogP) is 12.6. The van der Waals surface area contributed by atoms with E-state index < -0.39 is 8.07 Å². The van der Waals surface area contributed by atoms with Gasteiger partial charge in [-0.3, -0.25) is 0 Å². The largest absolute Gasteiger partial charge is 0.309 e. The first-order valence-electron chi connectivity index (χ1n) is 21.8. The molecule has 0 atom stereocenters. The Morgan fingerprint density at radius 3 is 1.30 bits per heavy atom. The van der Waals surface area contributed by atoms with E-state index in [0.717, 1.165) is 11.4 Å². The summed E-state index contributed by atoms with van der Waals surface area (Å²) in [7, 11) is -2.96. The number of hydrogen-bond donors (Lipinski definition) is 0. The highest BCUT2D eigenvalue weighted by atomic mass is 28.3. The Bertz CT molecular complexity index is 3480. The topological polar surface area (TPSA) is 9.86 Å². The van der Waals surface area contributed by atoms with Crippen molar-refractivity contribution in [3.63, 3.8) is 0 Å². The first-order valence-corrected chi connectivity index (χ1v) is 23.8. The van der Waals surface area contributed by atoms with Crippen molar-refractivity contribution in [3.05, 3.63) is 255 Å². The van der Waals surface area contributed by atoms with Crippen LogP contribution < -0.4 is 20.7 Å². The van der Waals surface area contributed by atoms with Crippen molar-refractivity contribution in [2.45, 2.75) is 0 Å². The second-order valence-corrected chi connectivity index (χ2v) is 20.2. The van der Waals surface area contributed by atoms with E-state index in [-0.39, 0.29) is 0 Å². The first kappa shape index (κ1) is 36.8. The summed E-state index contributed by atoms with van der Waals surface area (Å²) < 4.78 is 5.00. The summed E-state index contributed by atoms with van der Waals surface area (Å²) in [5.41, 5.74) is 11.9. The lowest BCUT2D eigenvalue weighted by Crippen LogP contribution is -2.75. The lowest BCUT2D eigenvalue weighted by molar-refractivity contribution is 1.17. The molecule has 2 heterocycles. The minimum Gasteiger partial charge on any atom is -0.309 e. The third-order valence-corrected chi connectivity index (χ3v) is 17.9. The Morgan fingerprint density at radius 2 is 0.683 bits per heavy atom. The molecule has 12 aromatic rings. The molecule has 12 rings (SSSR count). The van der Waals surface area contributed by atoms with Crippen LogP contribution in [0.25, 0.3) is 77.2 Å². The highest BCUT2D eigenvalue weighted by Gasteiger charge is 2.43. The zero-order valence-corrected chi connectivity index (χ0v) is 35.6. The summed E-state index contributed by atoms with van der Waals surface area (Å²) in [6.45, 7) is 0. The van der Waals surface area contributed by atoms with Crippen LogP contribution >= 0.6 is 0 Å². The Kier molecular flexibility index (Phi) is 8.87. The smallest absolute Gasteiger partial charge is 0.181 e. The van der Waals surface area contributed by atoms with Crippen LogP contribution in [0.15, 0.2) is 255 Å². The number of aromatic nitrogens is 2. The maximum Gasteiger partial charge on any atom is 0.181 e. The van der Waals surface area contributed by atoms with Gasteiger partial charge in [-0.15, -0.1) is 0 Å². The molecule has 0 radical (unpaired) electrons. The summed E-state index contributed by atoms with van der Waals surface area (Å²) in [4.78, 5) is 0. The van der Waals surface area contributed by atoms with E-state index in [9.17, 15) is 0 Å². The highest BCUT2D eigenvalue weighted by Crippen LogP contribution is 2.39. The number of rotatable bonds is 8. The van der Waals surface area contributed by atoms with Crippen molar-refractivity contribution < 1.29 is 0 Å². The van der Waals surface area contributed by atoms with Gasteiger partial charge in [-0.05, 0) is 91.5 Å². The molecule has 0 spiro atoms. The van der Waals surface area contributed by atoms with E-state index in [1.54, 1.807) is 0 Å². The standard InChI is InChI=1S/C60H42N2Si/c1-6-19-43(20-7-1)45-33-36-47(37-34-45)61-56-31-17-16-29-52(56)55-42-48(38-40-57(55)61)62-58-39-35-46(44-21-8-2-9-22-44)41-54(58)53-30-18-32-59(60(53)62)63(49-23-10-3-11-24-49,50-25-12-4-13-26-50)51-27-14-5-15-28-51/h1-42H.